The number of hydrogen-bond donors (Lipinski definition) is 0. The summed E-state index contributed by atoms with van der Waals surface area (Å²) in [6, 6.07) is 31.3. The fourth-order valence-electron chi connectivity index (χ4n) is 3.76. The predicted octanol–water partition coefficient (Wildman–Crippen LogP) is 5.81. The fourth-order valence-corrected chi connectivity index (χ4v) is 3.76. The van der Waals surface area contributed by atoms with E-state index in [0.717, 1.165) is 16.7 Å². The van der Waals surface area contributed by atoms with Crippen molar-refractivity contribution in [2.24, 2.45) is 0 Å². The van der Waals surface area contributed by atoms with Crippen LogP contribution < -0.4 is 0 Å². The van der Waals surface area contributed by atoms with E-state index in [1.165, 1.54) is 21.5 Å². The molecule has 2 heteroatoms. The quantitative estimate of drug-likeness (QED) is 0.383. The lowest BCUT2D eigenvalue weighted by Crippen LogP contribution is -1.96. The molecule has 0 aliphatic carbocycles. The number of aromatic nitrogens is 1. The van der Waals surface area contributed by atoms with Crippen LogP contribution in [0.15, 0.2) is 84.9 Å². The summed E-state index contributed by atoms with van der Waals surface area (Å²) in [5.41, 5.74) is 3.85. The molecule has 1 aromatic heterocycles. The minimum Gasteiger partial charge on any atom is -0.308 e. The van der Waals surface area contributed by atoms with Gasteiger partial charge in [-0.2, -0.15) is 5.26 Å². The molecule has 0 N–H and O–H groups in total. The van der Waals surface area contributed by atoms with Crippen LogP contribution in [0.5, 0.6) is 0 Å². The van der Waals surface area contributed by atoms with Crippen molar-refractivity contribution in [2.45, 2.75) is 0 Å². The average Bonchev–Trinajstić information content (AvgIpc) is 3.02. The maximum absolute atomic E-state index is 9.57. The van der Waals surface area contributed by atoms with Gasteiger partial charge in [0.1, 0.15) is 6.07 Å². The zero-order valence-corrected chi connectivity index (χ0v) is 13.5. The first kappa shape index (κ1) is 13.8. The van der Waals surface area contributed by atoms with Crippen molar-refractivity contribution in [3.63, 3.8) is 0 Å². The highest BCUT2D eigenvalue weighted by atomic mass is 15.0. The molecule has 5 aromatic rings. The van der Waals surface area contributed by atoms with Crippen LogP contribution in [0, 0.1) is 11.3 Å². The number of rotatable bonds is 1. The molecule has 1 heterocycles. The summed E-state index contributed by atoms with van der Waals surface area (Å²) >= 11 is 0. The lowest BCUT2D eigenvalue weighted by atomic mass is 10.0. The van der Waals surface area contributed by atoms with E-state index >= 15 is 0 Å². The summed E-state index contributed by atoms with van der Waals surface area (Å²) < 4.78 is 2.20. The van der Waals surface area contributed by atoms with E-state index in [0.29, 0.717) is 5.56 Å². The standard InChI is InChI=1S/C23H14N2/c24-15-17-8-2-5-11-20(17)25-21-12-6-4-10-19(21)23-18-9-3-1-7-16(18)13-14-22(23)25/h1-14H. The molecule has 2 nitrogen and oxygen atoms in total. The molecule has 4 aromatic carbocycles. The highest BCUT2D eigenvalue weighted by molar-refractivity contribution is 6.21. The molecule has 116 valence electrons. The van der Waals surface area contributed by atoms with Gasteiger partial charge >= 0.3 is 0 Å². The summed E-state index contributed by atoms with van der Waals surface area (Å²) in [4.78, 5) is 0. The summed E-state index contributed by atoms with van der Waals surface area (Å²) in [5.74, 6) is 0. The van der Waals surface area contributed by atoms with Crippen LogP contribution >= 0.6 is 0 Å². The third-order valence-corrected chi connectivity index (χ3v) is 4.83. The third kappa shape index (κ3) is 1.90. The molecule has 0 saturated carbocycles. The van der Waals surface area contributed by atoms with Gasteiger partial charge in [-0.15, -0.1) is 0 Å². The molecule has 0 saturated heterocycles. The van der Waals surface area contributed by atoms with E-state index in [1.54, 1.807) is 0 Å². The van der Waals surface area contributed by atoms with Gasteiger partial charge in [-0.3, -0.25) is 0 Å². The first-order valence-corrected chi connectivity index (χ1v) is 8.29. The van der Waals surface area contributed by atoms with Crippen molar-refractivity contribution in [2.75, 3.05) is 0 Å². The Kier molecular flexibility index (Phi) is 2.89. The second kappa shape index (κ2) is 5.22. The summed E-state index contributed by atoms with van der Waals surface area (Å²) in [6.07, 6.45) is 0. The maximum Gasteiger partial charge on any atom is 0.101 e. The number of para-hydroxylation sites is 2. The first-order chi connectivity index (χ1) is 12.4. The van der Waals surface area contributed by atoms with Crippen LogP contribution in [0.3, 0.4) is 0 Å². The maximum atomic E-state index is 9.57. The fraction of sp³-hybridized carbons (Fsp3) is 0. The Hall–Kier alpha value is -3.57. The van der Waals surface area contributed by atoms with Crippen molar-refractivity contribution in [3.8, 4) is 11.8 Å². The molecular weight excluding hydrogens is 304 g/mol. The number of nitriles is 1. The van der Waals surface area contributed by atoms with Crippen LogP contribution in [-0.2, 0) is 0 Å². The van der Waals surface area contributed by atoms with Crippen LogP contribution in [0.25, 0.3) is 38.3 Å². The van der Waals surface area contributed by atoms with Crippen molar-refractivity contribution in [1.29, 1.82) is 5.26 Å². The summed E-state index contributed by atoms with van der Waals surface area (Å²) in [7, 11) is 0. The van der Waals surface area contributed by atoms with Gasteiger partial charge in [0.2, 0.25) is 0 Å². The Morgan fingerprint density at radius 1 is 0.640 bits per heavy atom. The topological polar surface area (TPSA) is 28.7 Å². The molecule has 0 aliphatic rings. The minimum atomic E-state index is 0.679. The molecule has 25 heavy (non-hydrogen) atoms. The predicted molar refractivity (Wildman–Crippen MR) is 103 cm³/mol. The molecule has 5 rings (SSSR count). The van der Waals surface area contributed by atoms with E-state index in [4.69, 9.17) is 0 Å². The van der Waals surface area contributed by atoms with Gasteiger partial charge in [0.15, 0.2) is 0 Å². The molecule has 0 atom stereocenters. The smallest absolute Gasteiger partial charge is 0.101 e. The average molecular weight is 318 g/mol. The van der Waals surface area contributed by atoms with Crippen LogP contribution in [0.1, 0.15) is 5.56 Å². The van der Waals surface area contributed by atoms with Gasteiger partial charge in [-0.05, 0) is 35.0 Å². The molecule has 0 radical (unpaired) electrons. The van der Waals surface area contributed by atoms with Crippen LogP contribution in [0.2, 0.25) is 0 Å². The Labute approximate surface area is 145 Å². The Balaban J connectivity index is 2.06. The van der Waals surface area contributed by atoms with Gasteiger partial charge in [-0.1, -0.05) is 60.7 Å². The molecular formula is C23H14N2. The lowest BCUT2D eigenvalue weighted by Gasteiger charge is -2.09. The first-order valence-electron chi connectivity index (χ1n) is 8.29. The number of nitrogens with zero attached hydrogens (tertiary/aromatic N) is 2. The number of fused-ring (bicyclic) bond motifs is 5. The van der Waals surface area contributed by atoms with Crippen molar-refractivity contribution in [1.82, 2.24) is 4.57 Å². The number of hydrogen-bond acceptors (Lipinski definition) is 1. The molecule has 0 aliphatic heterocycles. The van der Waals surface area contributed by atoms with Gasteiger partial charge in [0.25, 0.3) is 0 Å². The SMILES string of the molecule is N#Cc1ccccc1-n1c2ccccc2c2c3ccccc3ccc21. The second-order valence-electron chi connectivity index (χ2n) is 6.16. The summed E-state index contributed by atoms with van der Waals surface area (Å²) in [5, 5.41) is 14.5. The zero-order valence-electron chi connectivity index (χ0n) is 13.5. The lowest BCUT2D eigenvalue weighted by molar-refractivity contribution is 1.17. The summed E-state index contributed by atoms with van der Waals surface area (Å²) in [6.45, 7) is 0. The van der Waals surface area contributed by atoms with Gasteiger partial charge in [0.05, 0.1) is 22.3 Å². The highest BCUT2D eigenvalue weighted by Gasteiger charge is 2.15. The molecule has 0 fully saturated rings. The Morgan fingerprint density at radius 3 is 2.24 bits per heavy atom. The minimum absolute atomic E-state index is 0.679. The van der Waals surface area contributed by atoms with Gasteiger partial charge in [-0.25, -0.2) is 0 Å². The van der Waals surface area contributed by atoms with E-state index < -0.39 is 0 Å². The monoisotopic (exact) mass is 318 g/mol. The largest absolute Gasteiger partial charge is 0.308 e. The van der Waals surface area contributed by atoms with Crippen LogP contribution in [-0.4, -0.2) is 4.57 Å². The van der Waals surface area contributed by atoms with Crippen molar-refractivity contribution in [3.05, 3.63) is 90.5 Å². The van der Waals surface area contributed by atoms with E-state index in [1.807, 2.05) is 24.3 Å². The molecule has 0 unspecified atom stereocenters. The van der Waals surface area contributed by atoms with Crippen molar-refractivity contribution >= 4 is 32.6 Å². The molecule has 0 bridgehead atoms. The Bertz CT molecular complexity index is 1300. The third-order valence-electron chi connectivity index (χ3n) is 4.83. The zero-order chi connectivity index (χ0) is 16.8. The van der Waals surface area contributed by atoms with Crippen LogP contribution in [0.4, 0.5) is 0 Å². The Morgan fingerprint density at radius 2 is 1.36 bits per heavy atom. The van der Waals surface area contributed by atoms with E-state index in [2.05, 4.69) is 71.3 Å². The molecule has 0 amide bonds. The second-order valence-corrected chi connectivity index (χ2v) is 6.16. The van der Waals surface area contributed by atoms with Gasteiger partial charge in [0, 0.05) is 10.8 Å². The van der Waals surface area contributed by atoms with E-state index in [9.17, 15) is 5.26 Å². The highest BCUT2D eigenvalue weighted by Crippen LogP contribution is 2.37. The van der Waals surface area contributed by atoms with Crippen molar-refractivity contribution < 1.29 is 0 Å². The normalized spacial score (nSPS) is 11.2. The van der Waals surface area contributed by atoms with E-state index in [-0.39, 0.29) is 0 Å². The molecule has 0 spiro atoms. The number of benzene rings is 4. The van der Waals surface area contributed by atoms with Gasteiger partial charge < -0.3 is 4.57 Å².